The number of nitrogen functional groups attached to an aromatic ring is 1. The van der Waals surface area contributed by atoms with E-state index in [2.05, 4.69) is 9.97 Å². The van der Waals surface area contributed by atoms with Crippen molar-refractivity contribution in [3.63, 3.8) is 0 Å². The first kappa shape index (κ1) is 14.4. The first-order valence-corrected chi connectivity index (χ1v) is 6.31. The minimum atomic E-state index is -0.308. The fraction of sp³-hybridized carbons (Fsp3) is 0.286. The van der Waals surface area contributed by atoms with Gasteiger partial charge in [-0.3, -0.25) is 0 Å². The van der Waals surface area contributed by atoms with Gasteiger partial charge >= 0.3 is 0 Å². The van der Waals surface area contributed by atoms with Gasteiger partial charge in [0, 0.05) is 24.6 Å². The van der Waals surface area contributed by atoms with Crippen LogP contribution in [-0.2, 0) is 6.42 Å². The normalized spacial score (nSPS) is 12.3. The molecular formula is C14H17FN4O. The van der Waals surface area contributed by atoms with Crippen LogP contribution in [0, 0.1) is 11.7 Å². The van der Waals surface area contributed by atoms with Crippen LogP contribution >= 0.6 is 0 Å². The molecule has 0 aliphatic heterocycles. The SMILES string of the molecule is NCC(CO)Cc1cc(-c2cnc(N)nc2)ccc1F. The summed E-state index contributed by atoms with van der Waals surface area (Å²) in [6, 6.07) is 4.78. The van der Waals surface area contributed by atoms with Gasteiger partial charge < -0.3 is 16.6 Å². The third-order valence-corrected chi connectivity index (χ3v) is 3.15. The van der Waals surface area contributed by atoms with E-state index in [0.717, 1.165) is 11.1 Å². The molecule has 0 aliphatic carbocycles. The quantitative estimate of drug-likeness (QED) is 0.756. The maximum Gasteiger partial charge on any atom is 0.219 e. The molecule has 1 atom stereocenters. The molecule has 2 rings (SSSR count). The van der Waals surface area contributed by atoms with E-state index >= 15 is 0 Å². The van der Waals surface area contributed by atoms with Crippen LogP contribution in [0.15, 0.2) is 30.6 Å². The minimum Gasteiger partial charge on any atom is -0.396 e. The average molecular weight is 276 g/mol. The lowest BCUT2D eigenvalue weighted by atomic mass is 9.97. The number of benzene rings is 1. The molecule has 0 spiro atoms. The largest absolute Gasteiger partial charge is 0.396 e. The maximum atomic E-state index is 13.8. The highest BCUT2D eigenvalue weighted by Gasteiger charge is 2.11. The summed E-state index contributed by atoms with van der Waals surface area (Å²) in [6.45, 7) is 0.246. The summed E-state index contributed by atoms with van der Waals surface area (Å²) in [7, 11) is 0. The van der Waals surface area contributed by atoms with Crippen LogP contribution in [0.25, 0.3) is 11.1 Å². The highest BCUT2D eigenvalue weighted by Crippen LogP contribution is 2.22. The summed E-state index contributed by atoms with van der Waals surface area (Å²) in [5, 5.41) is 9.16. The highest BCUT2D eigenvalue weighted by molar-refractivity contribution is 5.62. The lowest BCUT2D eigenvalue weighted by molar-refractivity contribution is 0.229. The molecule has 0 amide bonds. The molecule has 0 saturated heterocycles. The van der Waals surface area contributed by atoms with Crippen molar-refractivity contribution in [1.82, 2.24) is 9.97 Å². The van der Waals surface area contributed by atoms with Gasteiger partial charge in [0.15, 0.2) is 0 Å². The lowest BCUT2D eigenvalue weighted by Crippen LogP contribution is -2.20. The first-order chi connectivity index (χ1) is 9.63. The number of nitrogens with zero attached hydrogens (tertiary/aromatic N) is 2. The van der Waals surface area contributed by atoms with Crippen LogP contribution in [0.5, 0.6) is 0 Å². The van der Waals surface area contributed by atoms with E-state index in [0.29, 0.717) is 18.5 Å². The Balaban J connectivity index is 2.30. The van der Waals surface area contributed by atoms with E-state index in [-0.39, 0.29) is 24.3 Å². The van der Waals surface area contributed by atoms with Crippen molar-refractivity contribution in [3.8, 4) is 11.1 Å². The Morgan fingerprint density at radius 1 is 1.20 bits per heavy atom. The van der Waals surface area contributed by atoms with Gasteiger partial charge in [-0.05, 0) is 42.1 Å². The van der Waals surface area contributed by atoms with Gasteiger partial charge in [-0.1, -0.05) is 6.07 Å². The van der Waals surface area contributed by atoms with E-state index < -0.39 is 0 Å². The molecule has 1 unspecified atom stereocenters. The Labute approximate surface area is 116 Å². The van der Waals surface area contributed by atoms with Crippen molar-refractivity contribution < 1.29 is 9.50 Å². The number of nitrogens with two attached hydrogens (primary N) is 2. The second-order valence-corrected chi connectivity index (χ2v) is 4.62. The second kappa shape index (κ2) is 6.40. The monoisotopic (exact) mass is 276 g/mol. The van der Waals surface area contributed by atoms with Gasteiger partial charge in [-0.2, -0.15) is 0 Å². The molecule has 0 radical (unpaired) electrons. The van der Waals surface area contributed by atoms with E-state index in [9.17, 15) is 4.39 Å². The van der Waals surface area contributed by atoms with Crippen molar-refractivity contribution in [2.75, 3.05) is 18.9 Å². The number of aromatic nitrogens is 2. The molecule has 6 heteroatoms. The molecule has 0 aliphatic rings. The predicted octanol–water partition coefficient (Wildman–Crippen LogP) is 0.975. The molecule has 1 heterocycles. The van der Waals surface area contributed by atoms with E-state index in [1.54, 1.807) is 24.5 Å². The Hall–Kier alpha value is -2.05. The van der Waals surface area contributed by atoms with Crippen LogP contribution < -0.4 is 11.5 Å². The Bertz CT molecular complexity index is 570. The van der Waals surface area contributed by atoms with Gasteiger partial charge in [0.2, 0.25) is 5.95 Å². The standard InChI is InChI=1S/C14H17FN4O/c15-13-2-1-10(12-6-18-14(17)19-7-12)4-11(13)3-9(5-16)8-20/h1-2,4,6-7,9,20H,3,5,8,16H2,(H2,17,18,19). The van der Waals surface area contributed by atoms with Crippen molar-refractivity contribution in [2.45, 2.75) is 6.42 Å². The molecule has 0 bridgehead atoms. The molecule has 5 nitrogen and oxygen atoms in total. The minimum absolute atomic E-state index is 0.0643. The topological polar surface area (TPSA) is 98.0 Å². The zero-order chi connectivity index (χ0) is 14.5. The van der Waals surface area contributed by atoms with Crippen LogP contribution in [0.3, 0.4) is 0 Å². The van der Waals surface area contributed by atoms with Crippen molar-refractivity contribution >= 4 is 5.95 Å². The molecular weight excluding hydrogens is 259 g/mol. The number of aliphatic hydroxyl groups excluding tert-OH is 1. The summed E-state index contributed by atoms with van der Waals surface area (Å²) >= 11 is 0. The second-order valence-electron chi connectivity index (χ2n) is 4.62. The summed E-state index contributed by atoms with van der Waals surface area (Å²) in [4.78, 5) is 7.83. The molecule has 0 saturated carbocycles. The zero-order valence-electron chi connectivity index (χ0n) is 11.0. The van der Waals surface area contributed by atoms with E-state index in [1.807, 2.05) is 0 Å². The number of rotatable bonds is 5. The Kier molecular flexibility index (Phi) is 4.60. The van der Waals surface area contributed by atoms with E-state index in [4.69, 9.17) is 16.6 Å². The number of aliphatic hydroxyl groups is 1. The van der Waals surface area contributed by atoms with E-state index in [1.165, 1.54) is 6.07 Å². The van der Waals surface area contributed by atoms with Gasteiger partial charge in [0.05, 0.1) is 0 Å². The third kappa shape index (κ3) is 3.28. The fourth-order valence-corrected chi connectivity index (χ4v) is 1.93. The smallest absolute Gasteiger partial charge is 0.219 e. The number of halogens is 1. The van der Waals surface area contributed by atoms with Crippen LogP contribution in [-0.4, -0.2) is 28.2 Å². The average Bonchev–Trinajstić information content (AvgIpc) is 2.47. The van der Waals surface area contributed by atoms with Crippen molar-refractivity contribution in [2.24, 2.45) is 11.7 Å². The maximum absolute atomic E-state index is 13.8. The van der Waals surface area contributed by atoms with Crippen molar-refractivity contribution in [3.05, 3.63) is 42.0 Å². The van der Waals surface area contributed by atoms with Gasteiger partial charge in [-0.15, -0.1) is 0 Å². The van der Waals surface area contributed by atoms with Crippen molar-refractivity contribution in [1.29, 1.82) is 0 Å². The molecule has 5 N–H and O–H groups in total. The fourth-order valence-electron chi connectivity index (χ4n) is 1.93. The lowest BCUT2D eigenvalue weighted by Gasteiger charge is -2.13. The summed E-state index contributed by atoms with van der Waals surface area (Å²) in [5.74, 6) is -0.265. The number of hydrogen-bond acceptors (Lipinski definition) is 5. The van der Waals surface area contributed by atoms with Gasteiger partial charge in [0.1, 0.15) is 5.82 Å². The number of anilines is 1. The highest BCUT2D eigenvalue weighted by atomic mass is 19.1. The van der Waals surface area contributed by atoms with Crippen LogP contribution in [0.2, 0.25) is 0 Å². The molecule has 20 heavy (non-hydrogen) atoms. The van der Waals surface area contributed by atoms with Crippen LogP contribution in [0.4, 0.5) is 10.3 Å². The summed E-state index contributed by atoms with van der Waals surface area (Å²) in [5.41, 5.74) is 13.0. The summed E-state index contributed by atoms with van der Waals surface area (Å²) in [6.07, 6.45) is 3.57. The Morgan fingerprint density at radius 2 is 1.90 bits per heavy atom. The zero-order valence-corrected chi connectivity index (χ0v) is 11.0. The predicted molar refractivity (Wildman–Crippen MR) is 75.2 cm³/mol. The molecule has 2 aromatic rings. The third-order valence-electron chi connectivity index (χ3n) is 3.15. The molecule has 106 valence electrons. The van der Waals surface area contributed by atoms with Gasteiger partial charge in [-0.25, -0.2) is 14.4 Å². The number of hydrogen-bond donors (Lipinski definition) is 3. The summed E-state index contributed by atoms with van der Waals surface area (Å²) < 4.78 is 13.8. The molecule has 1 aromatic carbocycles. The van der Waals surface area contributed by atoms with Gasteiger partial charge in [0.25, 0.3) is 0 Å². The van der Waals surface area contributed by atoms with Crippen LogP contribution in [0.1, 0.15) is 5.56 Å². The molecule has 1 aromatic heterocycles. The Morgan fingerprint density at radius 3 is 2.50 bits per heavy atom. The molecule has 0 fully saturated rings. The first-order valence-electron chi connectivity index (χ1n) is 6.31.